The van der Waals surface area contributed by atoms with Crippen LogP contribution in [0, 0.1) is 0 Å². The van der Waals surface area contributed by atoms with Crippen molar-refractivity contribution in [2.24, 2.45) is 0 Å². The van der Waals surface area contributed by atoms with Crippen molar-refractivity contribution < 1.29 is 0 Å². The number of alkyl halides is 5. The van der Waals surface area contributed by atoms with Gasteiger partial charge in [-0.1, -0.05) is 94.7 Å². The molecule has 0 N–H and O–H groups in total. The van der Waals surface area contributed by atoms with Crippen LogP contribution in [0.4, 0.5) is 0 Å². The molecule has 0 nitrogen and oxygen atoms in total. The molecule has 0 rings (SSSR count). The second-order valence-electron chi connectivity index (χ2n) is 2.42. The summed E-state index contributed by atoms with van der Waals surface area (Å²) in [6.45, 7) is 1.88. The SMILES string of the molecule is CC(Cl)=CC(I)C(I)C(Br)C(Cl)Br. The molecular formula is C7H8Br2Cl2I2. The van der Waals surface area contributed by atoms with Crippen LogP contribution in [-0.4, -0.2) is 17.0 Å². The van der Waals surface area contributed by atoms with Crippen LogP contribution in [0.5, 0.6) is 0 Å². The molecule has 0 amide bonds. The molecule has 0 spiro atoms. The molecule has 6 heteroatoms. The van der Waals surface area contributed by atoms with Gasteiger partial charge in [0.1, 0.15) is 4.29 Å². The van der Waals surface area contributed by atoms with Gasteiger partial charge in [-0.3, -0.25) is 0 Å². The molecule has 4 atom stereocenters. The molecule has 4 unspecified atom stereocenters. The van der Waals surface area contributed by atoms with E-state index >= 15 is 0 Å². The van der Waals surface area contributed by atoms with Crippen LogP contribution in [0.3, 0.4) is 0 Å². The van der Waals surface area contributed by atoms with Crippen molar-refractivity contribution >= 4 is 100 Å². The summed E-state index contributed by atoms with van der Waals surface area (Å²) in [5.41, 5.74) is 0. The van der Waals surface area contributed by atoms with Gasteiger partial charge in [0, 0.05) is 12.9 Å². The van der Waals surface area contributed by atoms with Crippen molar-refractivity contribution in [2.45, 2.75) is 23.9 Å². The van der Waals surface area contributed by atoms with Gasteiger partial charge in [0.05, 0.1) is 4.83 Å². The molecule has 0 aliphatic carbocycles. The van der Waals surface area contributed by atoms with Gasteiger partial charge in [0.2, 0.25) is 0 Å². The topological polar surface area (TPSA) is 0 Å². The summed E-state index contributed by atoms with van der Waals surface area (Å²) in [5, 5.41) is 0.821. The summed E-state index contributed by atoms with van der Waals surface area (Å²) in [6, 6.07) is 0. The molecule has 0 heterocycles. The molecule has 0 aromatic heterocycles. The van der Waals surface area contributed by atoms with Crippen molar-refractivity contribution in [1.29, 1.82) is 0 Å². The van der Waals surface area contributed by atoms with Gasteiger partial charge < -0.3 is 0 Å². The van der Waals surface area contributed by atoms with E-state index in [1.165, 1.54) is 0 Å². The summed E-state index contributed by atoms with van der Waals surface area (Å²) in [7, 11) is 0. The first kappa shape index (κ1) is 15.7. The molecule has 13 heavy (non-hydrogen) atoms. The quantitative estimate of drug-likeness (QED) is 0.308. The van der Waals surface area contributed by atoms with E-state index in [9.17, 15) is 0 Å². The van der Waals surface area contributed by atoms with Crippen molar-refractivity contribution in [3.63, 3.8) is 0 Å². The zero-order valence-electron chi connectivity index (χ0n) is 6.65. The molecule has 0 aliphatic heterocycles. The van der Waals surface area contributed by atoms with Crippen molar-refractivity contribution in [3.05, 3.63) is 11.1 Å². The standard InChI is InChI=1S/C7H8Br2Cl2I2/c1-3(10)2-4(12)6(13)5(8)7(9)11/h2,4-7H,1H3. The lowest BCUT2D eigenvalue weighted by Crippen LogP contribution is -2.27. The van der Waals surface area contributed by atoms with Gasteiger partial charge in [-0.05, 0) is 6.92 Å². The summed E-state index contributed by atoms with van der Waals surface area (Å²) < 4.78 is 0.711. The highest BCUT2D eigenvalue weighted by Gasteiger charge is 2.26. The van der Waals surface area contributed by atoms with Gasteiger partial charge in [-0.15, -0.1) is 11.6 Å². The maximum Gasteiger partial charge on any atom is 0.102 e. The molecule has 78 valence electrons. The Labute approximate surface area is 133 Å². The lowest BCUT2D eigenvalue weighted by molar-refractivity contribution is 0.914. The molecular weight excluding hydrogens is 569 g/mol. The van der Waals surface area contributed by atoms with Gasteiger partial charge in [-0.2, -0.15) is 0 Å². The highest BCUT2D eigenvalue weighted by Crippen LogP contribution is 2.32. The van der Waals surface area contributed by atoms with Crippen LogP contribution < -0.4 is 0 Å². The minimum Gasteiger partial charge on any atom is -0.109 e. The molecule has 0 saturated heterocycles. The maximum absolute atomic E-state index is 5.91. The molecule has 0 radical (unpaired) electrons. The maximum atomic E-state index is 5.91. The van der Waals surface area contributed by atoms with E-state index < -0.39 is 0 Å². The summed E-state index contributed by atoms with van der Waals surface area (Å²) in [4.78, 5) is 0.226. The van der Waals surface area contributed by atoms with E-state index in [-0.39, 0.29) is 9.11 Å². The van der Waals surface area contributed by atoms with E-state index in [4.69, 9.17) is 23.2 Å². The Balaban J connectivity index is 4.25. The second-order valence-corrected chi connectivity index (χ2v) is 8.94. The predicted molar refractivity (Wildman–Crippen MR) is 86.5 cm³/mol. The van der Waals surface area contributed by atoms with Crippen molar-refractivity contribution in [2.75, 3.05) is 0 Å². The lowest BCUT2D eigenvalue weighted by atomic mass is 10.2. The fourth-order valence-corrected chi connectivity index (χ4v) is 4.78. The number of hydrogen-bond donors (Lipinski definition) is 0. The van der Waals surface area contributed by atoms with E-state index in [0.717, 1.165) is 5.03 Å². The van der Waals surface area contributed by atoms with Crippen LogP contribution in [0.1, 0.15) is 6.92 Å². The fourth-order valence-electron chi connectivity index (χ4n) is 0.626. The molecule has 0 saturated carbocycles. The van der Waals surface area contributed by atoms with Gasteiger partial charge >= 0.3 is 0 Å². The number of hydrogen-bond acceptors (Lipinski definition) is 0. The average Bonchev–Trinajstić information content (AvgIpc) is 2.00. The van der Waals surface area contributed by atoms with E-state index in [0.29, 0.717) is 7.85 Å². The summed E-state index contributed by atoms with van der Waals surface area (Å²) in [6.07, 6.45) is 2.03. The first-order chi connectivity index (χ1) is 5.86. The first-order valence-corrected chi connectivity index (χ1v) is 8.54. The predicted octanol–water partition coefficient (Wildman–Crippen LogP) is 5.46. The Kier molecular flexibility index (Phi) is 9.59. The fraction of sp³-hybridized carbons (Fsp3) is 0.714. The van der Waals surface area contributed by atoms with Crippen molar-refractivity contribution in [3.8, 4) is 0 Å². The lowest BCUT2D eigenvalue weighted by Gasteiger charge is -2.20. The van der Waals surface area contributed by atoms with Gasteiger partial charge in [0.15, 0.2) is 0 Å². The zero-order chi connectivity index (χ0) is 10.6. The molecule has 0 aromatic carbocycles. The Hall–Kier alpha value is 2.74. The second kappa shape index (κ2) is 7.92. The Morgan fingerprint density at radius 3 is 2.15 bits per heavy atom. The van der Waals surface area contributed by atoms with Crippen LogP contribution >= 0.6 is 100 Å². The highest BCUT2D eigenvalue weighted by molar-refractivity contribution is 14.1. The normalized spacial score (nSPS) is 22.2. The molecule has 0 fully saturated rings. The Morgan fingerprint density at radius 2 is 1.85 bits per heavy atom. The first-order valence-electron chi connectivity index (χ1n) is 3.40. The van der Waals surface area contributed by atoms with E-state index in [2.05, 4.69) is 77.0 Å². The average molecular weight is 577 g/mol. The third kappa shape index (κ3) is 6.81. The molecule has 0 aromatic rings. The van der Waals surface area contributed by atoms with Crippen molar-refractivity contribution in [1.82, 2.24) is 0 Å². The number of allylic oxidation sites excluding steroid dienone is 2. The molecule has 0 bridgehead atoms. The van der Waals surface area contributed by atoms with Crippen LogP contribution in [-0.2, 0) is 0 Å². The third-order valence-electron chi connectivity index (χ3n) is 1.24. The smallest absolute Gasteiger partial charge is 0.102 e. The van der Waals surface area contributed by atoms with Gasteiger partial charge in [0.25, 0.3) is 0 Å². The summed E-state index contributed by atoms with van der Waals surface area (Å²) >= 11 is 23.3. The number of halogens is 6. The highest BCUT2D eigenvalue weighted by atomic mass is 127. The minimum atomic E-state index is -0.0595. The van der Waals surface area contributed by atoms with Crippen LogP contribution in [0.25, 0.3) is 0 Å². The largest absolute Gasteiger partial charge is 0.109 e. The zero-order valence-corrected chi connectivity index (χ0v) is 15.7. The van der Waals surface area contributed by atoms with Crippen LogP contribution in [0.15, 0.2) is 11.1 Å². The monoisotopic (exact) mass is 574 g/mol. The van der Waals surface area contributed by atoms with Crippen LogP contribution in [0.2, 0.25) is 0 Å². The Morgan fingerprint density at radius 1 is 1.38 bits per heavy atom. The summed E-state index contributed by atoms with van der Waals surface area (Å²) in [5.74, 6) is 0. The number of rotatable bonds is 4. The van der Waals surface area contributed by atoms with E-state index in [1.807, 2.05) is 13.0 Å². The van der Waals surface area contributed by atoms with Gasteiger partial charge in [-0.25, -0.2) is 0 Å². The Bertz CT molecular complexity index is 183. The third-order valence-corrected chi connectivity index (χ3v) is 9.37. The minimum absolute atomic E-state index is 0.0595. The molecule has 0 aliphatic rings. The van der Waals surface area contributed by atoms with E-state index in [1.54, 1.807) is 0 Å².